The maximum atomic E-state index is 13.0. The highest BCUT2D eigenvalue weighted by Gasteiger charge is 2.18. The third kappa shape index (κ3) is 3.14. The Morgan fingerprint density at radius 1 is 1.29 bits per heavy atom. The van der Waals surface area contributed by atoms with E-state index in [0.29, 0.717) is 13.2 Å². The van der Waals surface area contributed by atoms with Crippen molar-refractivity contribution in [2.75, 3.05) is 19.5 Å². The van der Waals surface area contributed by atoms with Gasteiger partial charge in [-0.3, -0.25) is 9.36 Å². The lowest BCUT2D eigenvalue weighted by Gasteiger charge is -2.09. The standard InChI is InChI=1S/C18H20N2O2S2/c1-4-20-17(21)14-12(2)15(13-8-6-5-7-9-13)24-16(14)19-18(20)23-11-10-22-3/h5-9H,4,10-11H2,1-3H3. The minimum absolute atomic E-state index is 0.0540. The topological polar surface area (TPSA) is 44.1 Å². The number of methoxy groups -OCH3 is 1. The van der Waals surface area contributed by atoms with Crippen molar-refractivity contribution < 1.29 is 4.74 Å². The molecule has 3 aromatic rings. The number of rotatable bonds is 6. The molecule has 0 aliphatic heterocycles. The van der Waals surface area contributed by atoms with E-state index in [0.717, 1.165) is 37.1 Å². The van der Waals surface area contributed by atoms with E-state index >= 15 is 0 Å². The van der Waals surface area contributed by atoms with Crippen molar-refractivity contribution >= 4 is 33.3 Å². The van der Waals surface area contributed by atoms with Gasteiger partial charge in [-0.05, 0) is 25.0 Å². The molecule has 1 aromatic carbocycles. The number of nitrogens with zero attached hydrogens (tertiary/aromatic N) is 2. The zero-order chi connectivity index (χ0) is 17.1. The molecule has 2 heterocycles. The molecule has 0 saturated heterocycles. The van der Waals surface area contributed by atoms with Crippen LogP contribution in [0.3, 0.4) is 0 Å². The minimum Gasteiger partial charge on any atom is -0.384 e. The van der Waals surface area contributed by atoms with Gasteiger partial charge in [0.25, 0.3) is 5.56 Å². The molecule has 3 rings (SSSR count). The second-order valence-corrected chi connectivity index (χ2v) is 7.45. The number of thiophene rings is 1. The smallest absolute Gasteiger partial charge is 0.263 e. The highest BCUT2D eigenvalue weighted by Crippen LogP contribution is 2.36. The van der Waals surface area contributed by atoms with Gasteiger partial charge in [-0.15, -0.1) is 11.3 Å². The zero-order valence-corrected chi connectivity index (χ0v) is 15.7. The van der Waals surface area contributed by atoms with Gasteiger partial charge >= 0.3 is 0 Å². The number of hydrogen-bond acceptors (Lipinski definition) is 5. The summed E-state index contributed by atoms with van der Waals surface area (Å²) in [5.41, 5.74) is 2.21. The van der Waals surface area contributed by atoms with Gasteiger partial charge in [0.1, 0.15) is 4.83 Å². The Labute approximate surface area is 149 Å². The fourth-order valence-corrected chi connectivity index (χ4v) is 4.86. The molecule has 0 N–H and O–H groups in total. The van der Waals surface area contributed by atoms with Crippen LogP contribution in [-0.2, 0) is 11.3 Å². The quantitative estimate of drug-likeness (QED) is 0.376. The van der Waals surface area contributed by atoms with Crippen molar-refractivity contribution in [1.82, 2.24) is 9.55 Å². The maximum absolute atomic E-state index is 13.0. The first-order chi connectivity index (χ1) is 11.7. The van der Waals surface area contributed by atoms with Crippen molar-refractivity contribution in [1.29, 1.82) is 0 Å². The SMILES string of the molecule is CCn1c(SCCOC)nc2sc(-c3ccccc3)c(C)c2c1=O. The van der Waals surface area contributed by atoms with Crippen LogP contribution in [0.25, 0.3) is 20.7 Å². The molecular weight excluding hydrogens is 340 g/mol. The van der Waals surface area contributed by atoms with E-state index in [1.54, 1.807) is 34.8 Å². The highest BCUT2D eigenvalue weighted by atomic mass is 32.2. The van der Waals surface area contributed by atoms with Gasteiger partial charge in [-0.25, -0.2) is 4.98 Å². The molecule has 0 saturated carbocycles. The summed E-state index contributed by atoms with van der Waals surface area (Å²) < 4.78 is 6.86. The lowest BCUT2D eigenvalue weighted by atomic mass is 10.1. The van der Waals surface area contributed by atoms with E-state index in [2.05, 4.69) is 12.1 Å². The fourth-order valence-electron chi connectivity index (χ4n) is 2.67. The van der Waals surface area contributed by atoms with E-state index < -0.39 is 0 Å². The summed E-state index contributed by atoms with van der Waals surface area (Å²) in [4.78, 5) is 19.7. The van der Waals surface area contributed by atoms with E-state index in [1.165, 1.54) is 0 Å². The van der Waals surface area contributed by atoms with Crippen molar-refractivity contribution in [2.45, 2.75) is 25.5 Å². The number of fused-ring (bicyclic) bond motifs is 1. The van der Waals surface area contributed by atoms with Gasteiger partial charge < -0.3 is 4.74 Å². The summed E-state index contributed by atoms with van der Waals surface area (Å²) in [6.45, 7) is 5.26. The summed E-state index contributed by atoms with van der Waals surface area (Å²) in [6, 6.07) is 10.2. The van der Waals surface area contributed by atoms with Crippen LogP contribution >= 0.6 is 23.1 Å². The van der Waals surface area contributed by atoms with Gasteiger partial charge in [0, 0.05) is 24.3 Å². The molecule has 2 aromatic heterocycles. The Hall–Kier alpha value is -1.63. The Bertz CT molecular complexity index is 901. The number of aromatic nitrogens is 2. The average molecular weight is 361 g/mol. The molecule has 6 heteroatoms. The zero-order valence-electron chi connectivity index (χ0n) is 14.0. The van der Waals surface area contributed by atoms with Gasteiger partial charge in [0.05, 0.1) is 12.0 Å². The predicted octanol–water partition coefficient (Wildman–Crippen LogP) is 4.19. The number of hydrogen-bond donors (Lipinski definition) is 0. The van der Waals surface area contributed by atoms with E-state index in [4.69, 9.17) is 9.72 Å². The van der Waals surface area contributed by atoms with Gasteiger partial charge in [0.2, 0.25) is 0 Å². The molecule has 0 unspecified atom stereocenters. The van der Waals surface area contributed by atoms with Crippen LogP contribution in [-0.4, -0.2) is 29.0 Å². The van der Waals surface area contributed by atoms with Crippen LogP contribution in [0.15, 0.2) is 40.3 Å². The number of benzene rings is 1. The van der Waals surface area contributed by atoms with Gasteiger partial charge in [-0.1, -0.05) is 42.1 Å². The molecule has 0 aliphatic rings. The number of aryl methyl sites for hydroxylation is 1. The summed E-state index contributed by atoms with van der Waals surface area (Å²) in [5, 5.41) is 1.52. The van der Waals surface area contributed by atoms with E-state index in [1.807, 2.05) is 32.0 Å². The molecular formula is C18H20N2O2S2. The molecule has 0 amide bonds. The molecule has 0 radical (unpaired) electrons. The molecule has 4 nitrogen and oxygen atoms in total. The molecule has 126 valence electrons. The van der Waals surface area contributed by atoms with Crippen LogP contribution in [0, 0.1) is 6.92 Å². The molecule has 0 bridgehead atoms. The summed E-state index contributed by atoms with van der Waals surface area (Å²) >= 11 is 3.16. The predicted molar refractivity (Wildman–Crippen MR) is 102 cm³/mol. The van der Waals surface area contributed by atoms with Gasteiger partial charge in [0.15, 0.2) is 5.16 Å². The molecule has 0 atom stereocenters. The first-order valence-electron chi connectivity index (χ1n) is 7.88. The lowest BCUT2D eigenvalue weighted by Crippen LogP contribution is -2.22. The Kier molecular flexibility index (Phi) is 5.38. The maximum Gasteiger partial charge on any atom is 0.263 e. The second-order valence-electron chi connectivity index (χ2n) is 5.39. The van der Waals surface area contributed by atoms with Crippen molar-refractivity contribution in [3.63, 3.8) is 0 Å². The first-order valence-corrected chi connectivity index (χ1v) is 9.68. The van der Waals surface area contributed by atoms with Crippen molar-refractivity contribution in [3.8, 4) is 10.4 Å². The summed E-state index contributed by atoms with van der Waals surface area (Å²) in [5.74, 6) is 0.782. The minimum atomic E-state index is 0.0540. The first kappa shape index (κ1) is 17.2. The van der Waals surface area contributed by atoms with Crippen LogP contribution in [0.5, 0.6) is 0 Å². The number of thioether (sulfide) groups is 1. The van der Waals surface area contributed by atoms with Crippen LogP contribution < -0.4 is 5.56 Å². The third-order valence-corrected chi connectivity index (χ3v) is 6.06. The molecule has 0 fully saturated rings. The van der Waals surface area contributed by atoms with Crippen LogP contribution in [0.2, 0.25) is 0 Å². The monoisotopic (exact) mass is 360 g/mol. The van der Waals surface area contributed by atoms with Crippen molar-refractivity contribution in [3.05, 3.63) is 46.2 Å². The molecule has 0 spiro atoms. The average Bonchev–Trinajstić information content (AvgIpc) is 2.93. The second kappa shape index (κ2) is 7.51. The summed E-state index contributed by atoms with van der Waals surface area (Å²) in [6.07, 6.45) is 0. The fraction of sp³-hybridized carbons (Fsp3) is 0.333. The molecule has 0 aliphatic carbocycles. The lowest BCUT2D eigenvalue weighted by molar-refractivity contribution is 0.218. The largest absolute Gasteiger partial charge is 0.384 e. The van der Waals surface area contributed by atoms with E-state index in [9.17, 15) is 4.79 Å². The third-order valence-electron chi connectivity index (χ3n) is 3.89. The number of ether oxygens (including phenoxy) is 1. The summed E-state index contributed by atoms with van der Waals surface area (Å²) in [7, 11) is 1.68. The van der Waals surface area contributed by atoms with E-state index in [-0.39, 0.29) is 5.56 Å². The van der Waals surface area contributed by atoms with Crippen LogP contribution in [0.1, 0.15) is 12.5 Å². The normalized spacial score (nSPS) is 11.3. The Balaban J connectivity index is 2.16. The van der Waals surface area contributed by atoms with Crippen molar-refractivity contribution in [2.24, 2.45) is 0 Å². The van der Waals surface area contributed by atoms with Gasteiger partial charge in [-0.2, -0.15) is 0 Å². The molecule has 24 heavy (non-hydrogen) atoms. The van der Waals surface area contributed by atoms with Crippen LogP contribution in [0.4, 0.5) is 0 Å². The Morgan fingerprint density at radius 3 is 2.71 bits per heavy atom. The highest BCUT2D eigenvalue weighted by molar-refractivity contribution is 7.99. The Morgan fingerprint density at radius 2 is 2.04 bits per heavy atom.